The largest absolute Gasteiger partial charge is 0.367 e. The molecule has 0 saturated carbocycles. The maximum Gasteiger partial charge on any atom is 0.230 e. The van der Waals surface area contributed by atoms with Crippen LogP contribution in [-0.4, -0.2) is 5.16 Å². The topological polar surface area (TPSA) is 52.0 Å². The maximum absolute atomic E-state index is 5.92. The van der Waals surface area contributed by atoms with Gasteiger partial charge in [0.05, 0.1) is 11.3 Å². The van der Waals surface area contributed by atoms with Gasteiger partial charge in [-0.25, -0.2) is 0 Å². The van der Waals surface area contributed by atoms with Crippen molar-refractivity contribution in [3.05, 3.63) is 35.0 Å². The molecule has 96 valence electrons. The summed E-state index contributed by atoms with van der Waals surface area (Å²) in [6, 6.07) is 6.33. The summed E-state index contributed by atoms with van der Waals surface area (Å²) in [7, 11) is 0. The Kier molecular flexibility index (Phi) is 3.41. The van der Waals surface area contributed by atoms with Gasteiger partial charge in [0.25, 0.3) is 0 Å². The van der Waals surface area contributed by atoms with Crippen LogP contribution in [0.3, 0.4) is 0 Å². The van der Waals surface area contributed by atoms with Crippen LogP contribution in [0.15, 0.2) is 22.7 Å². The van der Waals surface area contributed by atoms with Crippen LogP contribution >= 0.6 is 0 Å². The van der Waals surface area contributed by atoms with Gasteiger partial charge in [0.1, 0.15) is 0 Å². The standard InChI is InChI=1S/C15H20N2O/c1-5-9(2)14-13(15(16)18-17-14)12-7-6-10(3)11(4)8-12/h6-9H,5,16H2,1-4H3. The van der Waals surface area contributed by atoms with Crippen molar-refractivity contribution < 1.29 is 4.52 Å². The average molecular weight is 244 g/mol. The molecule has 0 aliphatic carbocycles. The monoisotopic (exact) mass is 244 g/mol. The lowest BCUT2D eigenvalue weighted by Gasteiger charge is -2.09. The molecule has 0 spiro atoms. The van der Waals surface area contributed by atoms with E-state index in [9.17, 15) is 0 Å². The van der Waals surface area contributed by atoms with E-state index < -0.39 is 0 Å². The van der Waals surface area contributed by atoms with Gasteiger partial charge in [-0.2, -0.15) is 0 Å². The fourth-order valence-electron chi connectivity index (χ4n) is 2.03. The maximum atomic E-state index is 5.92. The lowest BCUT2D eigenvalue weighted by molar-refractivity contribution is 0.421. The first-order chi connectivity index (χ1) is 8.54. The molecule has 0 aliphatic rings. The summed E-state index contributed by atoms with van der Waals surface area (Å²) in [5.74, 6) is 0.760. The number of aryl methyl sites for hydroxylation is 2. The van der Waals surface area contributed by atoms with Crippen LogP contribution in [0, 0.1) is 13.8 Å². The Bertz CT molecular complexity index is 558. The minimum atomic E-state index is 0.350. The highest BCUT2D eigenvalue weighted by molar-refractivity contribution is 5.76. The molecule has 0 bridgehead atoms. The number of aromatic nitrogens is 1. The first kappa shape index (κ1) is 12.7. The molecule has 1 aromatic carbocycles. The third kappa shape index (κ3) is 2.13. The average Bonchev–Trinajstić information content (AvgIpc) is 2.74. The number of nitrogen functional groups attached to an aromatic ring is 1. The van der Waals surface area contributed by atoms with Crippen LogP contribution in [0.25, 0.3) is 11.1 Å². The molecular formula is C15H20N2O. The highest BCUT2D eigenvalue weighted by Gasteiger charge is 2.19. The molecule has 2 aromatic rings. The van der Waals surface area contributed by atoms with Crippen molar-refractivity contribution in [1.82, 2.24) is 5.16 Å². The molecule has 1 atom stereocenters. The molecule has 0 aliphatic heterocycles. The van der Waals surface area contributed by atoms with Crippen molar-refractivity contribution in [3.8, 4) is 11.1 Å². The van der Waals surface area contributed by atoms with Crippen molar-refractivity contribution in [2.45, 2.75) is 40.0 Å². The summed E-state index contributed by atoms with van der Waals surface area (Å²) in [4.78, 5) is 0. The Morgan fingerprint density at radius 2 is 2.00 bits per heavy atom. The minimum absolute atomic E-state index is 0.350. The van der Waals surface area contributed by atoms with E-state index in [2.05, 4.69) is 51.1 Å². The molecule has 0 fully saturated rings. The van der Waals surface area contributed by atoms with E-state index in [0.717, 1.165) is 23.2 Å². The zero-order valence-corrected chi connectivity index (χ0v) is 11.4. The van der Waals surface area contributed by atoms with Gasteiger partial charge in [-0.15, -0.1) is 0 Å². The van der Waals surface area contributed by atoms with Gasteiger partial charge < -0.3 is 10.3 Å². The third-order valence-corrected chi connectivity index (χ3v) is 3.62. The molecule has 0 saturated heterocycles. The fraction of sp³-hybridized carbons (Fsp3) is 0.400. The van der Waals surface area contributed by atoms with Gasteiger partial charge in [0.15, 0.2) is 0 Å². The van der Waals surface area contributed by atoms with Crippen molar-refractivity contribution in [3.63, 3.8) is 0 Å². The number of nitrogens with zero attached hydrogens (tertiary/aromatic N) is 1. The Hall–Kier alpha value is -1.77. The highest BCUT2D eigenvalue weighted by atomic mass is 16.5. The quantitative estimate of drug-likeness (QED) is 0.886. The Balaban J connectivity index is 2.55. The van der Waals surface area contributed by atoms with Crippen molar-refractivity contribution in [1.29, 1.82) is 0 Å². The van der Waals surface area contributed by atoms with Crippen molar-refractivity contribution in [2.75, 3.05) is 5.73 Å². The molecule has 0 amide bonds. The number of nitrogens with two attached hydrogens (primary N) is 1. The summed E-state index contributed by atoms with van der Waals surface area (Å²) >= 11 is 0. The van der Waals surface area contributed by atoms with Crippen LogP contribution in [-0.2, 0) is 0 Å². The van der Waals surface area contributed by atoms with E-state index in [4.69, 9.17) is 10.3 Å². The molecule has 0 radical (unpaired) electrons. The Labute approximate surface area is 108 Å². The second kappa shape index (κ2) is 4.84. The summed E-state index contributed by atoms with van der Waals surface area (Å²) in [5, 5.41) is 4.11. The van der Waals surface area contributed by atoms with Crippen LogP contribution in [0.1, 0.15) is 43.0 Å². The lowest BCUT2D eigenvalue weighted by atomic mass is 9.94. The summed E-state index contributed by atoms with van der Waals surface area (Å²) < 4.78 is 5.17. The van der Waals surface area contributed by atoms with Crippen LogP contribution in [0.4, 0.5) is 5.88 Å². The van der Waals surface area contributed by atoms with Gasteiger partial charge in [-0.3, -0.25) is 0 Å². The molecule has 2 N–H and O–H groups in total. The van der Waals surface area contributed by atoms with Crippen molar-refractivity contribution >= 4 is 5.88 Å². The molecule has 3 heteroatoms. The molecule has 3 nitrogen and oxygen atoms in total. The van der Waals surface area contributed by atoms with Crippen molar-refractivity contribution in [2.24, 2.45) is 0 Å². The normalized spacial score (nSPS) is 12.7. The first-order valence-electron chi connectivity index (χ1n) is 6.37. The van der Waals surface area contributed by atoms with Gasteiger partial charge in [0.2, 0.25) is 5.88 Å². The molecule has 18 heavy (non-hydrogen) atoms. The van der Waals surface area contributed by atoms with Gasteiger partial charge in [0, 0.05) is 5.92 Å². The van der Waals surface area contributed by atoms with Crippen LogP contribution in [0.2, 0.25) is 0 Å². The minimum Gasteiger partial charge on any atom is -0.367 e. The van der Waals surface area contributed by atoms with Crippen LogP contribution < -0.4 is 5.73 Å². The van der Waals surface area contributed by atoms with E-state index in [1.54, 1.807) is 0 Å². The first-order valence-corrected chi connectivity index (χ1v) is 6.37. The number of hydrogen-bond acceptors (Lipinski definition) is 3. The summed E-state index contributed by atoms with van der Waals surface area (Å²) in [6.45, 7) is 8.48. The zero-order chi connectivity index (χ0) is 13.3. The Morgan fingerprint density at radius 1 is 1.28 bits per heavy atom. The van der Waals surface area contributed by atoms with E-state index in [1.165, 1.54) is 11.1 Å². The number of rotatable bonds is 3. The number of benzene rings is 1. The van der Waals surface area contributed by atoms with E-state index >= 15 is 0 Å². The molecule has 1 heterocycles. The molecular weight excluding hydrogens is 224 g/mol. The molecule has 1 aromatic heterocycles. The third-order valence-electron chi connectivity index (χ3n) is 3.62. The van der Waals surface area contributed by atoms with E-state index in [-0.39, 0.29) is 0 Å². The fourth-order valence-corrected chi connectivity index (χ4v) is 2.03. The van der Waals surface area contributed by atoms with E-state index in [0.29, 0.717) is 11.8 Å². The lowest BCUT2D eigenvalue weighted by Crippen LogP contribution is -1.96. The van der Waals surface area contributed by atoms with Gasteiger partial charge >= 0.3 is 0 Å². The zero-order valence-electron chi connectivity index (χ0n) is 11.4. The predicted octanol–water partition coefficient (Wildman–Crippen LogP) is 4.05. The second-order valence-electron chi connectivity index (χ2n) is 4.92. The smallest absolute Gasteiger partial charge is 0.230 e. The van der Waals surface area contributed by atoms with Gasteiger partial charge in [-0.1, -0.05) is 37.2 Å². The predicted molar refractivity (Wildman–Crippen MR) is 74.5 cm³/mol. The SMILES string of the molecule is CCC(C)c1noc(N)c1-c1ccc(C)c(C)c1. The van der Waals surface area contributed by atoms with Gasteiger partial charge in [-0.05, 0) is 37.0 Å². The number of hydrogen-bond donors (Lipinski definition) is 1. The number of anilines is 1. The summed E-state index contributed by atoms with van der Waals surface area (Å²) in [5.41, 5.74) is 11.5. The summed E-state index contributed by atoms with van der Waals surface area (Å²) in [6.07, 6.45) is 1.02. The molecule has 2 rings (SSSR count). The van der Waals surface area contributed by atoms with Crippen LogP contribution in [0.5, 0.6) is 0 Å². The molecule has 1 unspecified atom stereocenters. The Morgan fingerprint density at radius 3 is 2.61 bits per heavy atom. The van der Waals surface area contributed by atoms with E-state index in [1.807, 2.05) is 0 Å². The highest BCUT2D eigenvalue weighted by Crippen LogP contribution is 2.35. The second-order valence-corrected chi connectivity index (χ2v) is 4.92.